The fraction of sp³-hybridized carbons (Fsp3) is 0.467. The third-order valence-electron chi connectivity index (χ3n) is 20.7. The Kier molecular flexibility index (Phi) is 35.5. The molecule has 0 aliphatic carbocycles. The van der Waals surface area contributed by atoms with Crippen molar-refractivity contribution in [3.63, 3.8) is 0 Å². The number of aromatic nitrogens is 10. The number of para-hydroxylation sites is 4. The number of carbonyl (C=O) groups excluding carboxylic acids is 5. The summed E-state index contributed by atoms with van der Waals surface area (Å²) in [4.78, 5) is 112. The number of fused-ring (bicyclic) bond motifs is 4. The number of carbonyl (C=O) groups is 5. The highest BCUT2D eigenvalue weighted by atomic mass is 16.6. The zero-order chi connectivity index (χ0) is 90.8. The number of ether oxygens (including phenoxy) is 3. The normalized spacial score (nSPS) is 15.5. The molecule has 0 unspecified atom stereocenters. The summed E-state index contributed by atoms with van der Waals surface area (Å²) >= 11 is 0. The maximum atomic E-state index is 14.2. The number of H-pyrrole nitrogens is 4. The van der Waals surface area contributed by atoms with Crippen LogP contribution in [0.4, 0.5) is 0 Å². The molecule has 35 nitrogen and oxygen atoms in total. The van der Waals surface area contributed by atoms with Gasteiger partial charge in [-0.05, 0) is 111 Å². The van der Waals surface area contributed by atoms with Gasteiger partial charge in [-0.25, -0.2) is 0 Å². The molecular formula is C90H118N16O19. The number of aliphatic hydroxyl groups is 6. The summed E-state index contributed by atoms with van der Waals surface area (Å²) in [5.74, 6) is -1.66. The Morgan fingerprint density at radius 1 is 0.488 bits per heavy atom. The van der Waals surface area contributed by atoms with Crippen LogP contribution in [0.25, 0.3) is 43.6 Å². The van der Waals surface area contributed by atoms with Gasteiger partial charge in [0.25, 0.3) is 5.91 Å². The van der Waals surface area contributed by atoms with Gasteiger partial charge in [0.1, 0.15) is 65.8 Å². The van der Waals surface area contributed by atoms with Crippen molar-refractivity contribution in [3.05, 3.63) is 192 Å². The van der Waals surface area contributed by atoms with Crippen LogP contribution < -0.4 is 16.0 Å². The van der Waals surface area contributed by atoms with Crippen LogP contribution in [-0.4, -0.2) is 229 Å². The third kappa shape index (κ3) is 27.4. The lowest BCUT2D eigenvalue weighted by atomic mass is 9.83. The van der Waals surface area contributed by atoms with Gasteiger partial charge < -0.3 is 104 Å². The number of nitrogens with zero attached hydrogens (tertiary/aromatic N) is 9. The molecule has 672 valence electrons. The summed E-state index contributed by atoms with van der Waals surface area (Å²) in [5, 5.41) is 93.9. The van der Waals surface area contributed by atoms with Crippen molar-refractivity contribution in [1.82, 2.24) is 66.1 Å². The second-order valence-electron chi connectivity index (χ2n) is 33.4. The summed E-state index contributed by atoms with van der Waals surface area (Å²) in [6, 6.07) is 29.6. The number of amides is 3. The van der Waals surface area contributed by atoms with Crippen LogP contribution in [0.2, 0.25) is 0 Å². The maximum Gasteiger partial charge on any atom is 0.261 e. The molecule has 11 rings (SSSR count). The Morgan fingerprint density at radius 3 is 1.32 bits per heavy atom. The number of hydrogen-bond acceptors (Lipinski definition) is 28. The molecular weight excluding hydrogens is 1610 g/mol. The van der Waals surface area contributed by atoms with Crippen molar-refractivity contribution in [1.29, 1.82) is 0 Å². The highest BCUT2D eigenvalue weighted by molar-refractivity contribution is 5.96. The van der Waals surface area contributed by atoms with E-state index in [9.17, 15) is 54.6 Å². The van der Waals surface area contributed by atoms with Gasteiger partial charge >= 0.3 is 0 Å². The summed E-state index contributed by atoms with van der Waals surface area (Å²) in [7, 11) is 4.42. The van der Waals surface area contributed by atoms with E-state index in [0.717, 1.165) is 65.9 Å². The minimum atomic E-state index is -1.38. The van der Waals surface area contributed by atoms with E-state index in [1.807, 2.05) is 171 Å². The third-order valence-corrected chi connectivity index (χ3v) is 20.7. The first-order chi connectivity index (χ1) is 59.6. The van der Waals surface area contributed by atoms with Crippen LogP contribution in [0.1, 0.15) is 152 Å². The Bertz CT molecular complexity index is 5380. The van der Waals surface area contributed by atoms with Crippen LogP contribution >= 0.6 is 0 Å². The first-order valence-corrected chi connectivity index (χ1v) is 41.3. The van der Waals surface area contributed by atoms with Crippen molar-refractivity contribution in [3.8, 4) is 0 Å². The minimum Gasteiger partial charge on any atom is -0.390 e. The van der Waals surface area contributed by atoms with Crippen LogP contribution in [-0.2, 0) is 84.9 Å². The van der Waals surface area contributed by atoms with E-state index < -0.39 is 109 Å². The molecule has 13 N–H and O–H groups in total. The Balaban J connectivity index is 0.000000216. The van der Waals surface area contributed by atoms with Gasteiger partial charge in [-0.2, -0.15) is 9.97 Å². The molecule has 0 radical (unpaired) electrons. The lowest BCUT2D eigenvalue weighted by Gasteiger charge is -2.32. The molecule has 0 saturated heterocycles. The molecule has 13 atom stereocenters. The van der Waals surface area contributed by atoms with E-state index in [-0.39, 0.29) is 91.2 Å². The molecule has 3 amide bonds. The number of methoxy groups -OCH3 is 3. The first kappa shape index (κ1) is 97.0. The van der Waals surface area contributed by atoms with Gasteiger partial charge in [0.15, 0.2) is 43.0 Å². The number of aliphatic hydroxyl groups excluding tert-OH is 6. The molecule has 0 aliphatic heterocycles. The second kappa shape index (κ2) is 45.7. The Hall–Kier alpha value is -11.8. The fourth-order valence-corrected chi connectivity index (χ4v) is 14.6. The van der Waals surface area contributed by atoms with Gasteiger partial charge in [-0.3, -0.25) is 33.9 Å². The van der Waals surface area contributed by atoms with E-state index in [4.69, 9.17) is 37.8 Å². The van der Waals surface area contributed by atoms with Gasteiger partial charge in [0.05, 0.1) is 36.7 Å². The summed E-state index contributed by atoms with van der Waals surface area (Å²) < 4.78 is 27.5. The van der Waals surface area contributed by atoms with Crippen molar-refractivity contribution >= 4 is 90.0 Å². The molecule has 4 aromatic carbocycles. The predicted molar refractivity (Wildman–Crippen MR) is 468 cm³/mol. The van der Waals surface area contributed by atoms with Gasteiger partial charge in [0.2, 0.25) is 23.6 Å². The molecule has 0 fully saturated rings. The average Bonchev–Trinajstić information content (AvgIpc) is 1.67. The quantitative estimate of drug-likeness (QED) is 0.0125. The van der Waals surface area contributed by atoms with E-state index >= 15 is 0 Å². The summed E-state index contributed by atoms with van der Waals surface area (Å²) in [6.45, 7) is 21.7. The number of ketones is 2. The molecule has 11 aromatic rings. The summed E-state index contributed by atoms with van der Waals surface area (Å²) in [5.41, 5.74) is 7.41. The highest BCUT2D eigenvalue weighted by Crippen LogP contribution is 2.33. The molecule has 0 saturated carbocycles. The number of aryl methyl sites for hydroxylation is 2. The smallest absolute Gasteiger partial charge is 0.261 e. The standard InChI is InChI=1S/C37H46N6O7.C27H36N6O6.C26H36N4O6/c1-21(44)33(46)32(34(48-6)37(3,4)5)43-49-20-26(45)16-23(15-24-18-38-29-13-9-7-11-27(24)29)35(47)41-31(36-40-22(2)42-50-36)17-25-19-39-30-14-10-8-12-28(25)30;1-16(2)26(38-4)24(25(36)17(3)34)33-39-15-23(35)32-22(27(37)31-14-19-13-28-9-10-29-19)11-18-12-30-21-8-6-5-7-20(18)21;1-15(31)23(33)22(24(34-6)26(3,4)5)30-35-14-19(32)12-17(25-28-16(2)29-36-25)11-18-13-27-21-10-8-7-9-20(18)21/h7-14,18-19,21,23,31,33-34,38-39,44,46H,15-17,20H2,1-6H3,(H,41,47);5-10,12-13,16-17,22,25-26,30,34,36H,11,14-15H2,1-4H3,(H,31,37)(H,32,35);7-10,13,15,17,23-24,27,31,33H,11-12,14H2,1-6H3/b43-32+;33-24+;30-22+/t21-,23-,31+,33+,34-;17-,22+,25+,26+;15-,17-,23+,24-/m111/s1. The maximum absolute atomic E-state index is 14.2. The molecule has 35 heteroatoms. The molecule has 7 aromatic heterocycles. The summed E-state index contributed by atoms with van der Waals surface area (Å²) in [6.07, 6.45) is 4.00. The van der Waals surface area contributed by atoms with Crippen LogP contribution in [0.3, 0.4) is 0 Å². The van der Waals surface area contributed by atoms with E-state index in [0.29, 0.717) is 36.1 Å². The molecule has 7 heterocycles. The van der Waals surface area contributed by atoms with Crippen LogP contribution in [0.15, 0.2) is 165 Å². The molecule has 125 heavy (non-hydrogen) atoms. The fourth-order valence-electron chi connectivity index (χ4n) is 14.6. The first-order valence-electron chi connectivity index (χ1n) is 41.3. The number of aromatic amines is 4. The molecule has 0 aliphatic rings. The Labute approximate surface area is 724 Å². The van der Waals surface area contributed by atoms with Crippen molar-refractivity contribution in [2.24, 2.45) is 38.1 Å². The van der Waals surface area contributed by atoms with Crippen LogP contribution in [0, 0.1) is 36.5 Å². The minimum absolute atomic E-state index is 0.0610. The largest absolute Gasteiger partial charge is 0.390 e. The van der Waals surface area contributed by atoms with Crippen molar-refractivity contribution < 1.29 is 92.4 Å². The predicted octanol–water partition coefficient (Wildman–Crippen LogP) is 9.14. The van der Waals surface area contributed by atoms with Gasteiger partial charge in [-0.15, -0.1) is 0 Å². The second-order valence-corrected chi connectivity index (χ2v) is 33.4. The zero-order valence-corrected chi connectivity index (χ0v) is 73.4. The number of oxime groups is 3. The highest BCUT2D eigenvalue weighted by Gasteiger charge is 2.39. The van der Waals surface area contributed by atoms with Crippen molar-refractivity contribution in [2.45, 2.75) is 208 Å². The van der Waals surface area contributed by atoms with Gasteiger partial charge in [0, 0.05) is 140 Å². The lowest BCUT2D eigenvalue weighted by Crippen LogP contribution is -2.49. The number of hydrogen-bond donors (Lipinski definition) is 13. The number of nitrogens with one attached hydrogen (secondary N) is 7. The topological polar surface area (TPSA) is 502 Å². The zero-order valence-electron chi connectivity index (χ0n) is 73.4. The average molecular weight is 1730 g/mol. The number of benzene rings is 4. The van der Waals surface area contributed by atoms with Gasteiger partial charge in [-0.1, -0.05) is 154 Å². The SMILES string of the molecule is CO[C@H](/C(=N/OCC(=O)C[C@@H](Cc1c[nH]c2ccccc12)C(=O)N[C@@H](Cc1c[nH]c2ccccc12)c1nc(C)no1)[C@@H](O)[C@@H](C)O)C(C)(C)C.CO[C@H](/C(=N/OCC(=O)C[C@@H](Cc1c[nH]c2ccccc12)c1nc(C)no1)[C@@H](O)[C@@H](C)O)C(C)(C)C.CO[C@H](/C(=N/OCC(=O)N[C@@H](Cc1c[nH]c2ccccc12)C(=O)NCc1cnccn1)[C@@H](O)[C@@H](C)O)C(C)C. The van der Waals surface area contributed by atoms with E-state index in [1.54, 1.807) is 26.2 Å². The van der Waals surface area contributed by atoms with E-state index in [2.05, 4.69) is 81.6 Å². The molecule has 0 bridgehead atoms. The monoisotopic (exact) mass is 1730 g/mol. The molecule has 0 spiro atoms. The van der Waals surface area contributed by atoms with Crippen molar-refractivity contribution in [2.75, 3.05) is 41.2 Å². The lowest BCUT2D eigenvalue weighted by molar-refractivity contribution is -0.132. The number of Topliss-reactive ketones (excluding diaryl/α,β-unsaturated/α-hetero) is 2. The van der Waals surface area contributed by atoms with E-state index in [1.165, 1.54) is 54.5 Å². The Morgan fingerprint density at radius 2 is 0.904 bits per heavy atom. The van der Waals surface area contributed by atoms with Crippen LogP contribution in [0.5, 0.6) is 0 Å². The number of rotatable bonds is 42.